The summed E-state index contributed by atoms with van der Waals surface area (Å²) in [6.07, 6.45) is 2.46. The summed E-state index contributed by atoms with van der Waals surface area (Å²) < 4.78 is 0. The average molecular weight is 158 g/mol. The van der Waals surface area contributed by atoms with Crippen LogP contribution in [0.4, 0.5) is 0 Å². The van der Waals surface area contributed by atoms with Gasteiger partial charge in [-0.3, -0.25) is 0 Å². The summed E-state index contributed by atoms with van der Waals surface area (Å²) in [6, 6.07) is -0.0918. The number of rotatable bonds is 3. The number of hydrogen-bond donors (Lipinski definition) is 3. The van der Waals surface area contributed by atoms with Gasteiger partial charge in [-0.15, -0.1) is 12.6 Å². The van der Waals surface area contributed by atoms with Gasteiger partial charge in [-0.2, -0.15) is 0 Å². The van der Waals surface area contributed by atoms with Gasteiger partial charge in [0.1, 0.15) is 0 Å². The molecule has 0 saturated carbocycles. The second kappa shape index (κ2) is 4.41. The molecule has 3 heteroatoms. The third-order valence-electron chi connectivity index (χ3n) is 1.16. The van der Waals surface area contributed by atoms with Gasteiger partial charge in [-0.25, -0.2) is 0 Å². The fourth-order valence-corrected chi connectivity index (χ4v) is 0.692. The van der Waals surface area contributed by atoms with E-state index in [2.05, 4.69) is 19.2 Å². The summed E-state index contributed by atoms with van der Waals surface area (Å²) in [5, 5.41) is 0. The summed E-state index contributed by atoms with van der Waals surface area (Å²) in [5.41, 5.74) is 11.6. The van der Waals surface area contributed by atoms with Crippen LogP contribution in [-0.2, 0) is 0 Å². The van der Waals surface area contributed by atoms with E-state index in [9.17, 15) is 0 Å². The Kier molecular flexibility index (Phi) is 4.23. The molecule has 58 valence electrons. The first kappa shape index (κ1) is 9.59. The van der Waals surface area contributed by atoms with E-state index in [1.165, 1.54) is 0 Å². The smallest absolute Gasteiger partial charge is 0.0403 e. The van der Waals surface area contributed by atoms with Gasteiger partial charge < -0.3 is 11.5 Å². The van der Waals surface area contributed by atoms with E-state index in [0.29, 0.717) is 12.1 Å². The molecule has 0 amide bonds. The molecule has 0 bridgehead atoms. The molecule has 0 rings (SSSR count). The lowest BCUT2D eigenvalue weighted by Crippen LogP contribution is -2.22. The maximum atomic E-state index is 5.64. The molecule has 0 saturated heterocycles. The predicted octanol–water partition coefficient (Wildman–Crippen LogP) is 1.01. The van der Waals surface area contributed by atoms with Gasteiger partial charge in [-0.05, 0) is 11.8 Å². The van der Waals surface area contributed by atoms with Crippen molar-refractivity contribution in [2.24, 2.45) is 11.5 Å². The molecular weight excluding hydrogens is 144 g/mol. The Hall–Kier alpha value is -0.410. The van der Waals surface area contributed by atoms with Crippen molar-refractivity contribution in [3.8, 4) is 0 Å². The van der Waals surface area contributed by atoms with Crippen LogP contribution in [-0.4, -0.2) is 6.04 Å². The van der Waals surface area contributed by atoms with E-state index >= 15 is 0 Å². The maximum absolute atomic E-state index is 5.64. The molecule has 10 heavy (non-hydrogen) atoms. The van der Waals surface area contributed by atoms with Crippen LogP contribution in [0.2, 0.25) is 0 Å². The van der Waals surface area contributed by atoms with E-state index < -0.39 is 0 Å². The standard InChI is InChI=1S/C7H14N2S/c1-3-7(10)6(9)4-5(2)8/h3,6,10H,2,4,8-9H2,1H3/b7-3+. The minimum Gasteiger partial charge on any atom is -0.402 e. The van der Waals surface area contributed by atoms with Crippen LogP contribution in [0.1, 0.15) is 13.3 Å². The van der Waals surface area contributed by atoms with E-state index in [4.69, 9.17) is 11.5 Å². The molecule has 0 spiro atoms. The molecule has 4 N–H and O–H groups in total. The SMILES string of the molecule is C=C(N)CC(N)/C(S)=C\C. The minimum atomic E-state index is -0.0918. The fraction of sp³-hybridized carbons (Fsp3) is 0.429. The number of nitrogens with two attached hydrogens (primary N) is 2. The average Bonchev–Trinajstić information content (AvgIpc) is 1.85. The number of allylic oxidation sites excluding steroid dienone is 1. The van der Waals surface area contributed by atoms with Crippen LogP contribution in [0.25, 0.3) is 0 Å². The van der Waals surface area contributed by atoms with Crippen molar-refractivity contribution in [1.29, 1.82) is 0 Å². The summed E-state index contributed by atoms with van der Waals surface area (Å²) in [5.74, 6) is 0. The Balaban J connectivity index is 3.85. The van der Waals surface area contributed by atoms with E-state index in [1.807, 2.05) is 13.0 Å². The van der Waals surface area contributed by atoms with Crippen molar-refractivity contribution in [3.05, 3.63) is 23.3 Å². The van der Waals surface area contributed by atoms with E-state index in [-0.39, 0.29) is 6.04 Å². The van der Waals surface area contributed by atoms with Crippen molar-refractivity contribution in [2.45, 2.75) is 19.4 Å². The Morgan fingerprint density at radius 2 is 2.30 bits per heavy atom. The van der Waals surface area contributed by atoms with Gasteiger partial charge in [0.2, 0.25) is 0 Å². The summed E-state index contributed by atoms with van der Waals surface area (Å²) in [7, 11) is 0. The monoisotopic (exact) mass is 158 g/mol. The lowest BCUT2D eigenvalue weighted by molar-refractivity contribution is 0.785. The highest BCUT2D eigenvalue weighted by Gasteiger charge is 2.03. The lowest BCUT2D eigenvalue weighted by Gasteiger charge is -2.09. The summed E-state index contributed by atoms with van der Waals surface area (Å²) >= 11 is 4.14. The van der Waals surface area contributed by atoms with Crippen LogP contribution in [0.3, 0.4) is 0 Å². The first-order chi connectivity index (χ1) is 4.57. The number of thiol groups is 1. The van der Waals surface area contributed by atoms with Crippen molar-refractivity contribution >= 4 is 12.6 Å². The summed E-state index contributed by atoms with van der Waals surface area (Å²) in [4.78, 5) is 0.853. The first-order valence-electron chi connectivity index (χ1n) is 3.12. The molecule has 0 aliphatic carbocycles. The Labute approximate surface area is 67.4 Å². The Morgan fingerprint density at radius 3 is 2.60 bits per heavy atom. The highest BCUT2D eigenvalue weighted by atomic mass is 32.1. The van der Waals surface area contributed by atoms with Crippen molar-refractivity contribution in [3.63, 3.8) is 0 Å². The second-order valence-corrected chi connectivity index (χ2v) is 2.70. The van der Waals surface area contributed by atoms with Crippen molar-refractivity contribution in [2.75, 3.05) is 0 Å². The molecule has 0 aromatic heterocycles. The molecular formula is C7H14N2S. The fourth-order valence-electron chi connectivity index (χ4n) is 0.601. The van der Waals surface area contributed by atoms with Gasteiger partial charge in [0.25, 0.3) is 0 Å². The zero-order chi connectivity index (χ0) is 8.15. The molecule has 0 aliphatic heterocycles. The lowest BCUT2D eigenvalue weighted by atomic mass is 10.2. The third-order valence-corrected chi connectivity index (χ3v) is 1.75. The molecule has 0 heterocycles. The molecule has 0 aromatic rings. The molecule has 0 fully saturated rings. The van der Waals surface area contributed by atoms with Crippen molar-refractivity contribution in [1.82, 2.24) is 0 Å². The molecule has 1 unspecified atom stereocenters. The Morgan fingerprint density at radius 1 is 1.80 bits per heavy atom. The van der Waals surface area contributed by atoms with Gasteiger partial charge in [-0.1, -0.05) is 12.7 Å². The third kappa shape index (κ3) is 3.58. The quantitative estimate of drug-likeness (QED) is 0.537. The van der Waals surface area contributed by atoms with Gasteiger partial charge in [0.15, 0.2) is 0 Å². The summed E-state index contributed by atoms with van der Waals surface area (Å²) in [6.45, 7) is 5.44. The van der Waals surface area contributed by atoms with Crippen LogP contribution in [0, 0.1) is 0 Å². The normalized spacial score (nSPS) is 14.9. The van der Waals surface area contributed by atoms with Gasteiger partial charge in [0.05, 0.1) is 0 Å². The highest BCUT2D eigenvalue weighted by molar-refractivity contribution is 7.84. The minimum absolute atomic E-state index is 0.0918. The molecule has 1 atom stereocenters. The maximum Gasteiger partial charge on any atom is 0.0403 e. The Bertz CT molecular complexity index is 152. The van der Waals surface area contributed by atoms with Crippen LogP contribution in [0.5, 0.6) is 0 Å². The van der Waals surface area contributed by atoms with Crippen LogP contribution < -0.4 is 11.5 Å². The van der Waals surface area contributed by atoms with Crippen molar-refractivity contribution < 1.29 is 0 Å². The topological polar surface area (TPSA) is 52.0 Å². The van der Waals surface area contributed by atoms with E-state index in [1.54, 1.807) is 0 Å². The second-order valence-electron chi connectivity index (χ2n) is 2.18. The van der Waals surface area contributed by atoms with Gasteiger partial charge in [0, 0.05) is 18.2 Å². The molecule has 2 nitrogen and oxygen atoms in total. The molecule has 0 aliphatic rings. The van der Waals surface area contributed by atoms with Crippen LogP contribution >= 0.6 is 12.6 Å². The molecule has 0 aromatic carbocycles. The highest BCUT2D eigenvalue weighted by Crippen LogP contribution is 2.09. The first-order valence-corrected chi connectivity index (χ1v) is 3.56. The zero-order valence-corrected chi connectivity index (χ0v) is 7.07. The molecule has 0 radical (unpaired) electrons. The van der Waals surface area contributed by atoms with E-state index in [0.717, 1.165) is 4.91 Å². The predicted molar refractivity (Wildman–Crippen MR) is 48.7 cm³/mol. The van der Waals surface area contributed by atoms with Crippen LogP contribution in [0.15, 0.2) is 23.3 Å². The number of hydrogen-bond acceptors (Lipinski definition) is 3. The largest absolute Gasteiger partial charge is 0.402 e. The van der Waals surface area contributed by atoms with Gasteiger partial charge >= 0.3 is 0 Å². The zero-order valence-electron chi connectivity index (χ0n) is 6.17.